The van der Waals surface area contributed by atoms with Gasteiger partial charge in [-0.15, -0.1) is 0 Å². The van der Waals surface area contributed by atoms with Crippen molar-refractivity contribution < 1.29 is 14.4 Å². The van der Waals surface area contributed by atoms with Crippen molar-refractivity contribution in [1.29, 1.82) is 0 Å². The first-order valence-corrected chi connectivity index (χ1v) is 16.2. The number of β-amino-alcohol motifs (C(OH)–C–C–N with tert-alkyl or cyclic N) is 1. The van der Waals surface area contributed by atoms with Crippen molar-refractivity contribution in [3.8, 4) is 22.5 Å². The Hall–Kier alpha value is -4.39. The van der Waals surface area contributed by atoms with Crippen molar-refractivity contribution in [3.05, 3.63) is 92.6 Å². The Balaban J connectivity index is 1.25. The van der Waals surface area contributed by atoms with Crippen molar-refractivity contribution >= 4 is 5.78 Å². The highest BCUT2D eigenvalue weighted by Gasteiger charge is 2.37. The number of hydrogen-bond acceptors (Lipinski definition) is 9. The summed E-state index contributed by atoms with van der Waals surface area (Å²) in [5.74, 6) is 0.241. The molecule has 2 aromatic carbocycles. The molecular weight excluding hydrogens is 586 g/mol. The average molecular weight is 626 g/mol. The summed E-state index contributed by atoms with van der Waals surface area (Å²) in [7, 11) is 0. The van der Waals surface area contributed by atoms with E-state index >= 15 is 0 Å². The van der Waals surface area contributed by atoms with Crippen LogP contribution in [0.1, 0.15) is 61.9 Å². The van der Waals surface area contributed by atoms with Gasteiger partial charge < -0.3 is 9.84 Å². The Bertz CT molecular complexity index is 1930. The molecule has 240 valence electrons. The number of morpholine rings is 1. The van der Waals surface area contributed by atoms with Gasteiger partial charge in [0.1, 0.15) is 6.33 Å². The highest BCUT2D eigenvalue weighted by molar-refractivity contribution is 5.81. The van der Waals surface area contributed by atoms with Crippen LogP contribution in [0.3, 0.4) is 0 Å². The predicted molar refractivity (Wildman–Crippen MR) is 172 cm³/mol. The molecular formula is C34H39N7O5. The molecule has 0 spiro atoms. The summed E-state index contributed by atoms with van der Waals surface area (Å²) in [5.41, 5.74) is 4.11. The third kappa shape index (κ3) is 5.95. The Morgan fingerprint density at radius 3 is 2.54 bits per heavy atom. The van der Waals surface area contributed by atoms with Crippen LogP contribution in [0.25, 0.3) is 28.3 Å². The van der Waals surface area contributed by atoms with E-state index < -0.39 is 11.4 Å². The second-order valence-corrected chi connectivity index (χ2v) is 12.5. The standard InChI is InChI=1S/C34H39N7O5/c1-2-6-29-28(20-23-9-10-26(24-7-4-3-5-8-24)27(19-23)30-37-33(43)46-38-30)31(42)40(32-35-22-36-41(29)32)25-11-13-34(44,14-12-25)21-39-15-17-45-18-16-39/h3-5,7-10,19,22,25,44H,2,6,11-18,20-21H2,1H3,(H,37,38,43). The molecule has 2 N–H and O–H groups in total. The molecule has 1 aliphatic heterocycles. The fourth-order valence-corrected chi connectivity index (χ4v) is 7.13. The van der Waals surface area contributed by atoms with Crippen molar-refractivity contribution in [3.63, 3.8) is 0 Å². The minimum absolute atomic E-state index is 0.0731. The summed E-state index contributed by atoms with van der Waals surface area (Å²) in [6.07, 6.45) is 5.93. The van der Waals surface area contributed by atoms with Crippen LogP contribution in [-0.4, -0.2) is 77.8 Å². The number of aryl methyl sites for hydroxylation is 1. The van der Waals surface area contributed by atoms with Crippen molar-refractivity contribution in [2.75, 3.05) is 32.8 Å². The zero-order valence-corrected chi connectivity index (χ0v) is 26.0. The number of H-pyrrole nitrogens is 1. The van der Waals surface area contributed by atoms with Gasteiger partial charge in [-0.05, 0) is 54.9 Å². The molecule has 5 aromatic rings. The Labute approximate surface area is 265 Å². The number of benzene rings is 2. The minimum atomic E-state index is -0.786. The van der Waals surface area contributed by atoms with Crippen LogP contribution in [0.4, 0.5) is 0 Å². The first-order valence-electron chi connectivity index (χ1n) is 16.2. The van der Waals surface area contributed by atoms with Crippen LogP contribution in [0.2, 0.25) is 0 Å². The third-order valence-corrected chi connectivity index (χ3v) is 9.43. The predicted octanol–water partition coefficient (Wildman–Crippen LogP) is 3.62. The fourth-order valence-electron chi connectivity index (χ4n) is 7.13. The van der Waals surface area contributed by atoms with Crippen molar-refractivity contribution in [2.24, 2.45) is 0 Å². The van der Waals surface area contributed by atoms with Gasteiger partial charge in [0.25, 0.3) is 5.56 Å². The van der Waals surface area contributed by atoms with Crippen LogP contribution in [-0.2, 0) is 17.6 Å². The van der Waals surface area contributed by atoms with E-state index in [1.807, 2.05) is 57.6 Å². The molecule has 12 nitrogen and oxygen atoms in total. The fraction of sp³-hybridized carbons (Fsp3) is 0.441. The molecule has 46 heavy (non-hydrogen) atoms. The van der Waals surface area contributed by atoms with Crippen molar-refractivity contribution in [1.82, 2.24) is 34.2 Å². The van der Waals surface area contributed by atoms with Crippen LogP contribution in [0.15, 0.2) is 69.0 Å². The number of aliphatic hydroxyl groups is 1. The molecule has 2 aliphatic rings. The Morgan fingerprint density at radius 1 is 1.04 bits per heavy atom. The number of aromatic amines is 1. The van der Waals surface area contributed by atoms with Crippen molar-refractivity contribution in [2.45, 2.75) is 63.5 Å². The number of aromatic nitrogens is 6. The topological polar surface area (TPSA) is 144 Å². The van der Waals surface area contributed by atoms with Gasteiger partial charge in [0.05, 0.1) is 24.5 Å². The van der Waals surface area contributed by atoms with Crippen LogP contribution in [0, 0.1) is 0 Å². The molecule has 4 heterocycles. The SMILES string of the molecule is CCCc1c(Cc2ccc(-c3ccccc3)c(-c3noc(=O)[nH]3)c2)c(=O)n(C2CCC(O)(CN3CCOCC3)CC2)c2ncnn12. The molecule has 12 heteroatoms. The number of ether oxygens (including phenoxy) is 1. The molecule has 0 atom stereocenters. The van der Waals surface area contributed by atoms with Gasteiger partial charge in [0, 0.05) is 43.2 Å². The lowest BCUT2D eigenvalue weighted by Gasteiger charge is -2.40. The van der Waals surface area contributed by atoms with Gasteiger partial charge in [0.2, 0.25) is 5.78 Å². The first-order chi connectivity index (χ1) is 22.4. The second kappa shape index (κ2) is 12.8. The molecule has 0 amide bonds. The molecule has 0 bridgehead atoms. The van der Waals surface area contributed by atoms with E-state index in [-0.39, 0.29) is 11.6 Å². The highest BCUT2D eigenvalue weighted by Crippen LogP contribution is 2.36. The number of fused-ring (bicyclic) bond motifs is 1. The summed E-state index contributed by atoms with van der Waals surface area (Å²) in [4.78, 5) is 36.0. The second-order valence-electron chi connectivity index (χ2n) is 12.5. The molecule has 3 aromatic heterocycles. The largest absolute Gasteiger partial charge is 0.439 e. The zero-order chi connectivity index (χ0) is 31.7. The third-order valence-electron chi connectivity index (χ3n) is 9.43. The zero-order valence-electron chi connectivity index (χ0n) is 26.0. The van der Waals surface area contributed by atoms with Crippen LogP contribution >= 0.6 is 0 Å². The summed E-state index contributed by atoms with van der Waals surface area (Å²) < 4.78 is 14.0. The van der Waals surface area contributed by atoms with E-state index in [0.29, 0.717) is 81.0 Å². The molecule has 1 saturated heterocycles. The first kappa shape index (κ1) is 30.3. The number of hydrogen-bond donors (Lipinski definition) is 2. The summed E-state index contributed by atoms with van der Waals surface area (Å²) >= 11 is 0. The molecule has 7 rings (SSSR count). The molecule has 2 fully saturated rings. The van der Waals surface area contributed by atoms with Gasteiger partial charge >= 0.3 is 5.76 Å². The molecule has 0 radical (unpaired) electrons. The molecule has 1 saturated carbocycles. The Kier molecular flexibility index (Phi) is 8.41. The van der Waals surface area contributed by atoms with E-state index in [9.17, 15) is 14.7 Å². The maximum absolute atomic E-state index is 14.5. The van der Waals surface area contributed by atoms with E-state index in [2.05, 4.69) is 32.0 Å². The smallest absolute Gasteiger partial charge is 0.389 e. The lowest BCUT2D eigenvalue weighted by Crippen LogP contribution is -2.49. The van der Waals surface area contributed by atoms with Gasteiger partial charge in [0.15, 0.2) is 5.82 Å². The van der Waals surface area contributed by atoms with E-state index in [4.69, 9.17) is 9.26 Å². The average Bonchev–Trinajstić information content (AvgIpc) is 3.74. The van der Waals surface area contributed by atoms with E-state index in [1.54, 1.807) is 0 Å². The summed E-state index contributed by atoms with van der Waals surface area (Å²) in [6.45, 7) is 5.75. The van der Waals surface area contributed by atoms with Gasteiger partial charge in [-0.25, -0.2) is 9.31 Å². The number of nitrogens with one attached hydrogen (secondary N) is 1. The summed E-state index contributed by atoms with van der Waals surface area (Å²) in [5, 5.41) is 20.0. The van der Waals surface area contributed by atoms with Crippen LogP contribution in [0.5, 0.6) is 0 Å². The lowest BCUT2D eigenvalue weighted by molar-refractivity contribution is -0.0569. The minimum Gasteiger partial charge on any atom is -0.389 e. The normalized spacial score (nSPS) is 20.8. The molecule has 1 aliphatic carbocycles. The Morgan fingerprint density at radius 2 is 1.83 bits per heavy atom. The maximum atomic E-state index is 14.5. The number of nitrogens with zero attached hydrogens (tertiary/aromatic N) is 6. The highest BCUT2D eigenvalue weighted by atomic mass is 16.5. The van der Waals surface area contributed by atoms with E-state index in [1.165, 1.54) is 6.33 Å². The monoisotopic (exact) mass is 625 g/mol. The quantitative estimate of drug-likeness (QED) is 0.251. The van der Waals surface area contributed by atoms with Gasteiger partial charge in [-0.3, -0.25) is 23.8 Å². The maximum Gasteiger partial charge on any atom is 0.439 e. The summed E-state index contributed by atoms with van der Waals surface area (Å²) in [6, 6.07) is 15.7. The lowest BCUT2D eigenvalue weighted by atomic mass is 9.81. The molecule has 0 unspecified atom stereocenters. The number of rotatable bonds is 9. The van der Waals surface area contributed by atoms with E-state index in [0.717, 1.165) is 41.9 Å². The van der Waals surface area contributed by atoms with Crippen LogP contribution < -0.4 is 11.3 Å². The van der Waals surface area contributed by atoms with Gasteiger partial charge in [-0.1, -0.05) is 61.0 Å². The van der Waals surface area contributed by atoms with Gasteiger partial charge in [-0.2, -0.15) is 10.1 Å².